The van der Waals surface area contributed by atoms with E-state index in [1.165, 1.54) is 4.68 Å². The highest BCUT2D eigenvalue weighted by Gasteiger charge is 2.16. The van der Waals surface area contributed by atoms with Crippen LogP contribution in [0.5, 0.6) is 0 Å². The highest BCUT2D eigenvalue weighted by Crippen LogP contribution is 2.18. The van der Waals surface area contributed by atoms with Crippen molar-refractivity contribution in [2.24, 2.45) is 5.92 Å². The molecule has 1 fully saturated rings. The molecule has 0 bridgehead atoms. The van der Waals surface area contributed by atoms with Crippen LogP contribution in [0.25, 0.3) is 0 Å². The van der Waals surface area contributed by atoms with Crippen LogP contribution in [0.3, 0.4) is 0 Å². The standard InChI is InChI=1S/C13H20BrN3O2/c1-9(2)8-17-13(18)12(14)11(7-16-17)15-6-10-4-3-5-19-10/h7,9-10,15H,3-6,8H2,1-2H3. The second-order valence-electron chi connectivity index (χ2n) is 5.27. The molecule has 1 aromatic rings. The quantitative estimate of drug-likeness (QED) is 0.900. The van der Waals surface area contributed by atoms with Gasteiger partial charge in [0.15, 0.2) is 0 Å². The van der Waals surface area contributed by atoms with Crippen LogP contribution in [0.2, 0.25) is 0 Å². The first-order chi connectivity index (χ1) is 9.08. The van der Waals surface area contributed by atoms with Crippen molar-refractivity contribution < 1.29 is 4.74 Å². The highest BCUT2D eigenvalue weighted by molar-refractivity contribution is 9.10. The number of nitrogens with one attached hydrogen (secondary N) is 1. The van der Waals surface area contributed by atoms with Crippen LogP contribution in [-0.2, 0) is 11.3 Å². The lowest BCUT2D eigenvalue weighted by atomic mass is 10.2. The van der Waals surface area contributed by atoms with Crippen LogP contribution in [0.4, 0.5) is 5.69 Å². The number of ether oxygens (including phenoxy) is 1. The summed E-state index contributed by atoms with van der Waals surface area (Å²) in [5.41, 5.74) is 0.645. The maximum Gasteiger partial charge on any atom is 0.283 e. The van der Waals surface area contributed by atoms with E-state index in [9.17, 15) is 4.79 Å². The third-order valence-electron chi connectivity index (χ3n) is 3.07. The molecule has 1 aliphatic rings. The number of halogens is 1. The summed E-state index contributed by atoms with van der Waals surface area (Å²) in [5.74, 6) is 0.391. The Balaban J connectivity index is 2.05. The summed E-state index contributed by atoms with van der Waals surface area (Å²) >= 11 is 3.35. The third-order valence-corrected chi connectivity index (χ3v) is 3.83. The van der Waals surface area contributed by atoms with E-state index in [1.54, 1.807) is 6.20 Å². The van der Waals surface area contributed by atoms with E-state index in [4.69, 9.17) is 4.74 Å². The monoisotopic (exact) mass is 329 g/mol. The van der Waals surface area contributed by atoms with Crippen molar-refractivity contribution >= 4 is 21.6 Å². The first-order valence-electron chi connectivity index (χ1n) is 6.69. The molecular weight excluding hydrogens is 310 g/mol. The van der Waals surface area contributed by atoms with Crippen LogP contribution in [-0.4, -0.2) is 29.0 Å². The van der Waals surface area contributed by atoms with E-state index in [1.807, 2.05) is 0 Å². The zero-order valence-electron chi connectivity index (χ0n) is 11.4. The Kier molecular flexibility index (Phi) is 4.99. The van der Waals surface area contributed by atoms with Crippen molar-refractivity contribution in [3.8, 4) is 0 Å². The fourth-order valence-electron chi connectivity index (χ4n) is 2.09. The Hall–Kier alpha value is -0.880. The number of hydrogen-bond acceptors (Lipinski definition) is 4. The summed E-state index contributed by atoms with van der Waals surface area (Å²) in [7, 11) is 0. The summed E-state index contributed by atoms with van der Waals surface area (Å²) in [5, 5.41) is 7.42. The van der Waals surface area contributed by atoms with Crippen LogP contribution < -0.4 is 10.9 Å². The molecule has 1 aliphatic heterocycles. The van der Waals surface area contributed by atoms with E-state index in [2.05, 4.69) is 40.2 Å². The zero-order valence-corrected chi connectivity index (χ0v) is 12.9. The van der Waals surface area contributed by atoms with Crippen molar-refractivity contribution in [2.45, 2.75) is 39.3 Å². The van der Waals surface area contributed by atoms with E-state index in [0.717, 1.165) is 25.1 Å². The van der Waals surface area contributed by atoms with Gasteiger partial charge in [-0.1, -0.05) is 13.8 Å². The molecule has 0 amide bonds. The van der Waals surface area contributed by atoms with Gasteiger partial charge in [0.2, 0.25) is 0 Å². The number of hydrogen-bond donors (Lipinski definition) is 1. The predicted octanol–water partition coefficient (Wildman–Crippen LogP) is 2.25. The van der Waals surface area contributed by atoms with E-state index >= 15 is 0 Å². The van der Waals surface area contributed by atoms with Gasteiger partial charge in [-0.3, -0.25) is 4.79 Å². The molecule has 1 saturated heterocycles. The lowest BCUT2D eigenvalue weighted by molar-refractivity contribution is 0.120. The minimum Gasteiger partial charge on any atom is -0.380 e. The second-order valence-corrected chi connectivity index (χ2v) is 6.06. The van der Waals surface area contributed by atoms with Gasteiger partial charge in [0, 0.05) is 19.7 Å². The van der Waals surface area contributed by atoms with Crippen molar-refractivity contribution in [3.05, 3.63) is 21.0 Å². The Morgan fingerprint density at radius 1 is 1.63 bits per heavy atom. The van der Waals surface area contributed by atoms with Gasteiger partial charge in [0.25, 0.3) is 5.56 Å². The fourth-order valence-corrected chi connectivity index (χ4v) is 2.54. The summed E-state index contributed by atoms with van der Waals surface area (Å²) in [4.78, 5) is 12.1. The summed E-state index contributed by atoms with van der Waals surface area (Å²) in [6.07, 6.45) is 4.12. The maximum absolute atomic E-state index is 12.1. The predicted molar refractivity (Wildman–Crippen MR) is 78.5 cm³/mol. The molecule has 19 heavy (non-hydrogen) atoms. The van der Waals surface area contributed by atoms with Crippen LogP contribution in [0.15, 0.2) is 15.5 Å². The lowest BCUT2D eigenvalue weighted by Gasteiger charge is -2.14. The van der Waals surface area contributed by atoms with Gasteiger partial charge in [-0.05, 0) is 34.7 Å². The van der Waals surface area contributed by atoms with Crippen molar-refractivity contribution in [3.63, 3.8) is 0 Å². The number of rotatable bonds is 5. The van der Waals surface area contributed by atoms with E-state index in [0.29, 0.717) is 23.5 Å². The first kappa shape index (κ1) is 14.5. The summed E-state index contributed by atoms with van der Waals surface area (Å²) < 4.78 is 7.57. The molecule has 0 aromatic carbocycles. The molecule has 1 atom stereocenters. The van der Waals surface area contributed by atoms with Crippen LogP contribution in [0.1, 0.15) is 26.7 Å². The van der Waals surface area contributed by atoms with Crippen LogP contribution in [0, 0.1) is 5.92 Å². The van der Waals surface area contributed by atoms with Gasteiger partial charge in [-0.15, -0.1) is 0 Å². The number of nitrogens with zero attached hydrogens (tertiary/aromatic N) is 2. The fraction of sp³-hybridized carbons (Fsp3) is 0.692. The summed E-state index contributed by atoms with van der Waals surface area (Å²) in [6.45, 7) is 6.30. The molecule has 0 aliphatic carbocycles. The number of aromatic nitrogens is 2. The normalized spacial score (nSPS) is 19.1. The Bertz CT molecular complexity index is 481. The molecule has 6 heteroatoms. The molecule has 1 aromatic heterocycles. The van der Waals surface area contributed by atoms with Crippen molar-refractivity contribution in [1.29, 1.82) is 0 Å². The van der Waals surface area contributed by atoms with Crippen molar-refractivity contribution in [1.82, 2.24) is 9.78 Å². The van der Waals surface area contributed by atoms with E-state index in [-0.39, 0.29) is 11.7 Å². The average molecular weight is 330 g/mol. The van der Waals surface area contributed by atoms with E-state index < -0.39 is 0 Å². The van der Waals surface area contributed by atoms with Gasteiger partial charge in [0.1, 0.15) is 4.47 Å². The number of anilines is 1. The second kappa shape index (κ2) is 6.52. The molecular formula is C13H20BrN3O2. The maximum atomic E-state index is 12.1. The average Bonchev–Trinajstić information content (AvgIpc) is 2.87. The first-order valence-corrected chi connectivity index (χ1v) is 7.48. The van der Waals surface area contributed by atoms with Crippen LogP contribution >= 0.6 is 15.9 Å². The largest absolute Gasteiger partial charge is 0.380 e. The zero-order chi connectivity index (χ0) is 13.8. The Morgan fingerprint density at radius 3 is 3.05 bits per heavy atom. The minimum absolute atomic E-state index is 0.0916. The molecule has 0 radical (unpaired) electrons. The molecule has 106 valence electrons. The smallest absolute Gasteiger partial charge is 0.283 e. The lowest BCUT2D eigenvalue weighted by Crippen LogP contribution is -2.27. The summed E-state index contributed by atoms with van der Waals surface area (Å²) in [6, 6.07) is 0. The molecule has 2 rings (SSSR count). The Morgan fingerprint density at radius 2 is 2.42 bits per heavy atom. The van der Waals surface area contributed by atoms with Crippen molar-refractivity contribution in [2.75, 3.05) is 18.5 Å². The molecule has 2 heterocycles. The topological polar surface area (TPSA) is 56.1 Å². The molecule has 0 spiro atoms. The van der Waals surface area contributed by atoms with Gasteiger partial charge >= 0.3 is 0 Å². The SMILES string of the molecule is CC(C)Cn1ncc(NCC2CCCO2)c(Br)c1=O. The van der Waals surface area contributed by atoms with Gasteiger partial charge in [0.05, 0.1) is 18.0 Å². The molecule has 0 saturated carbocycles. The minimum atomic E-state index is -0.0916. The molecule has 5 nitrogen and oxygen atoms in total. The van der Waals surface area contributed by atoms with Gasteiger partial charge < -0.3 is 10.1 Å². The highest BCUT2D eigenvalue weighted by atomic mass is 79.9. The van der Waals surface area contributed by atoms with Gasteiger partial charge in [-0.25, -0.2) is 4.68 Å². The third kappa shape index (κ3) is 3.79. The Labute approximate surface area is 121 Å². The molecule has 1 unspecified atom stereocenters. The molecule has 1 N–H and O–H groups in total. The van der Waals surface area contributed by atoms with Gasteiger partial charge in [-0.2, -0.15) is 5.10 Å².